The Morgan fingerprint density at radius 2 is 1.90 bits per heavy atom. The second-order valence-corrected chi connectivity index (χ2v) is 9.07. The number of aromatic nitrogens is 4. The van der Waals surface area contributed by atoms with E-state index in [1.807, 2.05) is 31.3 Å². The standard InChI is InChI=1S/C23H28FN5/c1-14-5-8-18(17(24)11-14)26-21-13-19(28-29-21)15-6-7-16(12-15)22-25-10-9-20(27-22)23(2,3)4/h5,8-11,13,15-16H,6-7,12H2,1-4H3,(H2,26,28,29). The van der Waals surface area contributed by atoms with Crippen LogP contribution in [0.4, 0.5) is 15.9 Å². The third-order valence-electron chi connectivity index (χ3n) is 5.67. The second kappa shape index (κ2) is 7.58. The molecule has 0 spiro atoms. The van der Waals surface area contributed by atoms with Gasteiger partial charge < -0.3 is 5.32 Å². The Balaban J connectivity index is 1.45. The molecule has 2 atom stereocenters. The third kappa shape index (κ3) is 4.31. The van der Waals surface area contributed by atoms with Crippen LogP contribution in [0.5, 0.6) is 0 Å². The maximum Gasteiger partial charge on any atom is 0.152 e. The molecule has 2 aromatic heterocycles. The molecule has 5 nitrogen and oxygen atoms in total. The van der Waals surface area contributed by atoms with Crippen molar-refractivity contribution in [1.82, 2.24) is 20.2 Å². The van der Waals surface area contributed by atoms with E-state index in [1.54, 1.807) is 6.07 Å². The lowest BCUT2D eigenvalue weighted by Crippen LogP contribution is -2.16. The third-order valence-corrected chi connectivity index (χ3v) is 5.67. The number of halogens is 1. The van der Waals surface area contributed by atoms with Gasteiger partial charge in [0, 0.05) is 40.9 Å². The van der Waals surface area contributed by atoms with Crippen molar-refractivity contribution in [2.75, 3.05) is 5.32 Å². The van der Waals surface area contributed by atoms with Gasteiger partial charge in [-0.3, -0.25) is 5.10 Å². The van der Waals surface area contributed by atoms with Crippen LogP contribution in [0.15, 0.2) is 36.5 Å². The summed E-state index contributed by atoms with van der Waals surface area (Å²) in [6.45, 7) is 8.39. The van der Waals surface area contributed by atoms with E-state index in [-0.39, 0.29) is 11.2 Å². The van der Waals surface area contributed by atoms with E-state index in [0.717, 1.165) is 42.0 Å². The van der Waals surface area contributed by atoms with Crippen LogP contribution in [0.25, 0.3) is 0 Å². The van der Waals surface area contributed by atoms with Crippen molar-refractivity contribution >= 4 is 11.5 Å². The monoisotopic (exact) mass is 393 g/mol. The van der Waals surface area contributed by atoms with Crippen LogP contribution in [0.3, 0.4) is 0 Å². The molecule has 29 heavy (non-hydrogen) atoms. The van der Waals surface area contributed by atoms with Gasteiger partial charge in [0.05, 0.1) is 5.69 Å². The summed E-state index contributed by atoms with van der Waals surface area (Å²) < 4.78 is 14.1. The zero-order chi connectivity index (χ0) is 20.6. The molecule has 0 radical (unpaired) electrons. The number of rotatable bonds is 4. The van der Waals surface area contributed by atoms with Crippen LogP contribution >= 0.6 is 0 Å². The molecule has 1 aromatic carbocycles. The molecule has 0 aliphatic heterocycles. The molecular formula is C23H28FN5. The van der Waals surface area contributed by atoms with Gasteiger partial charge in [0.15, 0.2) is 5.82 Å². The molecule has 3 aromatic rings. The van der Waals surface area contributed by atoms with E-state index in [1.165, 1.54) is 6.07 Å². The van der Waals surface area contributed by atoms with Crippen molar-refractivity contribution in [2.24, 2.45) is 0 Å². The summed E-state index contributed by atoms with van der Waals surface area (Å²) in [4.78, 5) is 9.39. The summed E-state index contributed by atoms with van der Waals surface area (Å²) in [6.07, 6.45) is 5.00. The Morgan fingerprint density at radius 1 is 1.10 bits per heavy atom. The van der Waals surface area contributed by atoms with Crippen LogP contribution in [0.1, 0.15) is 74.6 Å². The van der Waals surface area contributed by atoms with Crippen molar-refractivity contribution in [3.8, 4) is 0 Å². The van der Waals surface area contributed by atoms with Crippen molar-refractivity contribution in [3.63, 3.8) is 0 Å². The molecule has 6 heteroatoms. The smallest absolute Gasteiger partial charge is 0.152 e. The van der Waals surface area contributed by atoms with Gasteiger partial charge in [0.25, 0.3) is 0 Å². The fraction of sp³-hybridized carbons (Fsp3) is 0.435. The largest absolute Gasteiger partial charge is 0.336 e. The minimum Gasteiger partial charge on any atom is -0.336 e. The SMILES string of the molecule is Cc1ccc(Nc2cc(C3CCC(c4nccc(C(C)(C)C)n4)C3)[nH]n2)c(F)c1. The zero-order valence-corrected chi connectivity index (χ0v) is 17.5. The van der Waals surface area contributed by atoms with Gasteiger partial charge in [-0.15, -0.1) is 0 Å². The fourth-order valence-corrected chi connectivity index (χ4v) is 3.96. The molecular weight excluding hydrogens is 365 g/mol. The molecule has 0 amide bonds. The maximum absolute atomic E-state index is 14.1. The molecule has 2 heterocycles. The summed E-state index contributed by atoms with van der Waals surface area (Å²) >= 11 is 0. The van der Waals surface area contributed by atoms with E-state index in [0.29, 0.717) is 23.3 Å². The molecule has 152 valence electrons. The normalized spacial score (nSPS) is 19.5. The van der Waals surface area contributed by atoms with E-state index < -0.39 is 0 Å². The molecule has 2 unspecified atom stereocenters. The number of hydrogen-bond acceptors (Lipinski definition) is 4. The van der Waals surface area contributed by atoms with Gasteiger partial charge in [-0.25, -0.2) is 14.4 Å². The average molecular weight is 394 g/mol. The number of aryl methyl sites for hydroxylation is 1. The summed E-state index contributed by atoms with van der Waals surface area (Å²) in [5, 5.41) is 10.5. The second-order valence-electron chi connectivity index (χ2n) is 9.07. The van der Waals surface area contributed by atoms with Crippen LogP contribution in [-0.2, 0) is 5.41 Å². The zero-order valence-electron chi connectivity index (χ0n) is 17.5. The number of hydrogen-bond donors (Lipinski definition) is 2. The Labute approximate surface area is 171 Å². The topological polar surface area (TPSA) is 66.5 Å². The number of anilines is 2. The lowest BCUT2D eigenvalue weighted by Gasteiger charge is -2.19. The first-order valence-electron chi connectivity index (χ1n) is 10.2. The molecule has 0 bridgehead atoms. The maximum atomic E-state index is 14.1. The molecule has 1 saturated carbocycles. The highest BCUT2D eigenvalue weighted by atomic mass is 19.1. The van der Waals surface area contributed by atoms with E-state index in [9.17, 15) is 4.39 Å². The Morgan fingerprint density at radius 3 is 2.66 bits per heavy atom. The summed E-state index contributed by atoms with van der Waals surface area (Å²) in [6, 6.07) is 9.13. The minimum atomic E-state index is -0.272. The molecule has 1 aliphatic rings. The highest BCUT2D eigenvalue weighted by Crippen LogP contribution is 2.42. The summed E-state index contributed by atoms with van der Waals surface area (Å²) in [5.41, 5.74) is 3.51. The first-order valence-corrected chi connectivity index (χ1v) is 10.2. The van der Waals surface area contributed by atoms with Crippen molar-refractivity contribution in [1.29, 1.82) is 0 Å². The fourth-order valence-electron chi connectivity index (χ4n) is 3.96. The van der Waals surface area contributed by atoms with Gasteiger partial charge in [0.1, 0.15) is 11.6 Å². The van der Waals surface area contributed by atoms with E-state index in [4.69, 9.17) is 4.98 Å². The molecule has 2 N–H and O–H groups in total. The first kappa shape index (κ1) is 19.6. The van der Waals surface area contributed by atoms with Crippen LogP contribution in [-0.4, -0.2) is 20.2 Å². The molecule has 1 aliphatic carbocycles. The van der Waals surface area contributed by atoms with Crippen LogP contribution < -0.4 is 5.32 Å². The van der Waals surface area contributed by atoms with Crippen molar-refractivity contribution < 1.29 is 4.39 Å². The summed E-state index contributed by atoms with van der Waals surface area (Å²) in [5.74, 6) is 2.05. The first-order chi connectivity index (χ1) is 13.8. The van der Waals surface area contributed by atoms with Gasteiger partial charge in [-0.1, -0.05) is 26.8 Å². The quantitative estimate of drug-likeness (QED) is 0.593. The Bertz CT molecular complexity index is 1000. The number of H-pyrrole nitrogens is 1. The molecule has 4 rings (SSSR count). The molecule has 1 fully saturated rings. The summed E-state index contributed by atoms with van der Waals surface area (Å²) in [7, 11) is 0. The minimum absolute atomic E-state index is 0.0187. The predicted molar refractivity (Wildman–Crippen MR) is 113 cm³/mol. The predicted octanol–water partition coefficient (Wildman–Crippen LogP) is 5.74. The van der Waals surface area contributed by atoms with Gasteiger partial charge in [-0.05, 0) is 49.9 Å². The Hall–Kier alpha value is -2.76. The van der Waals surface area contributed by atoms with Crippen molar-refractivity contribution in [3.05, 3.63) is 65.1 Å². The van der Waals surface area contributed by atoms with Crippen molar-refractivity contribution in [2.45, 2.75) is 64.2 Å². The molecule has 0 saturated heterocycles. The highest BCUT2D eigenvalue weighted by Gasteiger charge is 2.30. The van der Waals surface area contributed by atoms with Gasteiger partial charge >= 0.3 is 0 Å². The number of nitrogens with zero attached hydrogens (tertiary/aromatic N) is 3. The van der Waals surface area contributed by atoms with Crippen LogP contribution in [0, 0.1) is 12.7 Å². The number of nitrogens with one attached hydrogen (secondary N) is 2. The highest BCUT2D eigenvalue weighted by molar-refractivity contribution is 5.57. The van der Waals surface area contributed by atoms with E-state index >= 15 is 0 Å². The van der Waals surface area contributed by atoms with Crippen LogP contribution in [0.2, 0.25) is 0 Å². The van der Waals surface area contributed by atoms with E-state index in [2.05, 4.69) is 41.3 Å². The Kier molecular flexibility index (Phi) is 5.11. The van der Waals surface area contributed by atoms with Gasteiger partial charge in [-0.2, -0.15) is 5.10 Å². The lowest BCUT2D eigenvalue weighted by atomic mass is 9.91. The number of benzene rings is 1. The van der Waals surface area contributed by atoms with Gasteiger partial charge in [0.2, 0.25) is 0 Å². The average Bonchev–Trinajstić information content (AvgIpc) is 3.33. The lowest BCUT2D eigenvalue weighted by molar-refractivity contribution is 0.550. The number of aromatic amines is 1.